The molecule has 0 radical (unpaired) electrons. The highest BCUT2D eigenvalue weighted by molar-refractivity contribution is 5.87. The fourth-order valence-electron chi connectivity index (χ4n) is 2.13. The molecule has 23 heavy (non-hydrogen) atoms. The predicted octanol–water partition coefficient (Wildman–Crippen LogP) is 4.28. The maximum Gasteiger partial charge on any atom is 0.330 e. The van der Waals surface area contributed by atoms with Gasteiger partial charge in [-0.2, -0.15) is 0 Å². The molecule has 0 aliphatic heterocycles. The molecule has 2 rings (SSSR count). The molecule has 0 heterocycles. The third-order valence-corrected chi connectivity index (χ3v) is 3.50. The van der Waals surface area contributed by atoms with Gasteiger partial charge in [0.25, 0.3) is 0 Å². The highest BCUT2D eigenvalue weighted by Gasteiger charge is 2.02. The number of ether oxygens (including phenoxy) is 1. The van der Waals surface area contributed by atoms with Gasteiger partial charge in [0.1, 0.15) is 0 Å². The van der Waals surface area contributed by atoms with Crippen LogP contribution in [0.5, 0.6) is 0 Å². The first-order chi connectivity index (χ1) is 11.1. The smallest absolute Gasteiger partial charge is 0.330 e. The molecular weight excluding hydrogens is 284 g/mol. The van der Waals surface area contributed by atoms with E-state index in [4.69, 9.17) is 4.74 Å². The Balaban J connectivity index is 2.30. The zero-order chi connectivity index (χ0) is 16.7. The summed E-state index contributed by atoms with van der Waals surface area (Å²) in [5.74, 6) is 6.07. The van der Waals surface area contributed by atoms with Crippen LogP contribution in [0.3, 0.4) is 0 Å². The molecule has 0 aromatic heterocycles. The van der Waals surface area contributed by atoms with E-state index in [-0.39, 0.29) is 5.97 Å². The molecule has 2 aromatic rings. The van der Waals surface area contributed by atoms with Gasteiger partial charge in [-0.25, -0.2) is 4.79 Å². The summed E-state index contributed by atoms with van der Waals surface area (Å²) < 4.78 is 4.90. The highest BCUT2D eigenvalue weighted by Crippen LogP contribution is 2.17. The Morgan fingerprint density at radius 2 is 1.87 bits per heavy atom. The van der Waals surface area contributed by atoms with Crippen LogP contribution in [0.4, 0.5) is 0 Å². The molecule has 0 aliphatic carbocycles. The van der Waals surface area contributed by atoms with Gasteiger partial charge in [-0.3, -0.25) is 0 Å². The van der Waals surface area contributed by atoms with Crippen LogP contribution in [-0.2, 0) is 9.53 Å². The van der Waals surface area contributed by atoms with Gasteiger partial charge in [0.15, 0.2) is 0 Å². The predicted molar refractivity (Wildman–Crippen MR) is 94.0 cm³/mol. The molecule has 0 amide bonds. The monoisotopic (exact) mass is 304 g/mol. The summed E-state index contributed by atoms with van der Waals surface area (Å²) in [7, 11) is 0. The lowest BCUT2D eigenvalue weighted by atomic mass is 9.99. The standard InChI is InChI=1S/C21H20O2/c1-4-23-21(22)13-11-19-14-16(2)17(3)20(15-19)12-10-18-8-6-5-7-9-18/h5-9,11,13-15H,4H2,1-3H3/b13-11+. The van der Waals surface area contributed by atoms with E-state index in [1.807, 2.05) is 49.4 Å². The van der Waals surface area contributed by atoms with E-state index in [0.717, 1.165) is 27.8 Å². The largest absolute Gasteiger partial charge is 0.463 e. The Labute approximate surface area is 137 Å². The van der Waals surface area contributed by atoms with Crippen LogP contribution in [0.1, 0.15) is 34.7 Å². The molecule has 0 aliphatic rings. The van der Waals surface area contributed by atoms with Crippen LogP contribution in [0, 0.1) is 25.7 Å². The molecule has 2 nitrogen and oxygen atoms in total. The Kier molecular flexibility index (Phi) is 5.77. The quantitative estimate of drug-likeness (QED) is 0.480. The summed E-state index contributed by atoms with van der Waals surface area (Å²) in [4.78, 5) is 11.4. The minimum atomic E-state index is -0.331. The molecule has 0 saturated carbocycles. The van der Waals surface area contributed by atoms with Gasteiger partial charge >= 0.3 is 5.97 Å². The topological polar surface area (TPSA) is 26.3 Å². The second-order valence-corrected chi connectivity index (χ2v) is 5.21. The van der Waals surface area contributed by atoms with Gasteiger partial charge in [-0.1, -0.05) is 36.1 Å². The van der Waals surface area contributed by atoms with E-state index in [0.29, 0.717) is 6.61 Å². The van der Waals surface area contributed by atoms with Crippen molar-refractivity contribution in [3.05, 3.63) is 76.4 Å². The molecule has 0 saturated heterocycles. The van der Waals surface area contributed by atoms with E-state index >= 15 is 0 Å². The first-order valence-electron chi connectivity index (χ1n) is 7.63. The minimum absolute atomic E-state index is 0.331. The summed E-state index contributed by atoms with van der Waals surface area (Å²) in [5, 5.41) is 0. The lowest BCUT2D eigenvalue weighted by Gasteiger charge is -2.05. The van der Waals surface area contributed by atoms with Crippen molar-refractivity contribution in [1.29, 1.82) is 0 Å². The van der Waals surface area contributed by atoms with Crippen molar-refractivity contribution in [2.75, 3.05) is 6.61 Å². The zero-order valence-corrected chi connectivity index (χ0v) is 13.7. The van der Waals surface area contributed by atoms with E-state index in [1.54, 1.807) is 13.0 Å². The molecule has 0 bridgehead atoms. The van der Waals surface area contributed by atoms with Crippen molar-refractivity contribution in [1.82, 2.24) is 0 Å². The maximum atomic E-state index is 11.4. The molecule has 2 aromatic carbocycles. The van der Waals surface area contributed by atoms with Crippen molar-refractivity contribution in [3.8, 4) is 11.8 Å². The molecule has 0 atom stereocenters. The lowest BCUT2D eigenvalue weighted by molar-refractivity contribution is -0.137. The van der Waals surface area contributed by atoms with Crippen LogP contribution >= 0.6 is 0 Å². The highest BCUT2D eigenvalue weighted by atomic mass is 16.5. The Bertz CT molecular complexity index is 775. The minimum Gasteiger partial charge on any atom is -0.463 e. The summed E-state index contributed by atoms with van der Waals surface area (Å²) >= 11 is 0. The lowest BCUT2D eigenvalue weighted by Crippen LogP contribution is -1.98. The van der Waals surface area contributed by atoms with Crippen molar-refractivity contribution in [2.24, 2.45) is 0 Å². The van der Waals surface area contributed by atoms with Gasteiger partial charge < -0.3 is 4.74 Å². The van der Waals surface area contributed by atoms with Gasteiger partial charge in [0.2, 0.25) is 0 Å². The van der Waals surface area contributed by atoms with Gasteiger partial charge in [-0.05, 0) is 61.7 Å². The summed E-state index contributed by atoms with van der Waals surface area (Å²) in [5.41, 5.74) is 5.20. The van der Waals surface area contributed by atoms with E-state index < -0.39 is 0 Å². The van der Waals surface area contributed by atoms with Gasteiger partial charge in [-0.15, -0.1) is 0 Å². The average molecular weight is 304 g/mol. The number of carbonyl (C=O) groups is 1. The molecule has 0 N–H and O–H groups in total. The third-order valence-electron chi connectivity index (χ3n) is 3.50. The van der Waals surface area contributed by atoms with Gasteiger partial charge in [0, 0.05) is 17.2 Å². The Morgan fingerprint density at radius 3 is 2.57 bits per heavy atom. The SMILES string of the molecule is CCOC(=O)/C=C/c1cc(C)c(C)c(C#Cc2ccccc2)c1. The number of carbonyl (C=O) groups excluding carboxylic acids is 1. The fraction of sp³-hybridized carbons (Fsp3) is 0.190. The van der Waals surface area contributed by atoms with Crippen molar-refractivity contribution < 1.29 is 9.53 Å². The normalized spacial score (nSPS) is 10.2. The number of rotatable bonds is 3. The zero-order valence-electron chi connectivity index (χ0n) is 13.7. The van der Waals surface area contributed by atoms with Gasteiger partial charge in [0.05, 0.1) is 6.61 Å². The number of hydrogen-bond acceptors (Lipinski definition) is 2. The summed E-state index contributed by atoms with van der Waals surface area (Å²) in [6, 6.07) is 13.9. The van der Waals surface area contributed by atoms with Crippen LogP contribution in [0.2, 0.25) is 0 Å². The first-order valence-corrected chi connectivity index (χ1v) is 7.63. The van der Waals surface area contributed by atoms with Crippen LogP contribution in [0.15, 0.2) is 48.5 Å². The Morgan fingerprint density at radius 1 is 1.13 bits per heavy atom. The second kappa shape index (κ2) is 8.00. The molecule has 2 heteroatoms. The van der Waals surface area contributed by atoms with Crippen molar-refractivity contribution in [2.45, 2.75) is 20.8 Å². The van der Waals surface area contributed by atoms with Crippen LogP contribution in [0.25, 0.3) is 6.08 Å². The number of aryl methyl sites for hydroxylation is 1. The number of benzene rings is 2. The van der Waals surface area contributed by atoms with Crippen molar-refractivity contribution in [3.63, 3.8) is 0 Å². The van der Waals surface area contributed by atoms with Crippen molar-refractivity contribution >= 4 is 12.0 Å². The second-order valence-electron chi connectivity index (χ2n) is 5.21. The van der Waals surface area contributed by atoms with E-state index in [2.05, 4.69) is 18.8 Å². The average Bonchev–Trinajstić information content (AvgIpc) is 2.56. The molecule has 0 spiro atoms. The summed E-state index contributed by atoms with van der Waals surface area (Å²) in [6.45, 7) is 6.27. The summed E-state index contributed by atoms with van der Waals surface area (Å²) in [6.07, 6.45) is 3.21. The Hall–Kier alpha value is -2.79. The number of hydrogen-bond donors (Lipinski definition) is 0. The first kappa shape index (κ1) is 16.6. The van der Waals surface area contributed by atoms with E-state index in [9.17, 15) is 4.79 Å². The van der Waals surface area contributed by atoms with E-state index in [1.165, 1.54) is 6.08 Å². The molecular formula is C21H20O2. The molecule has 0 unspecified atom stereocenters. The van der Waals surface area contributed by atoms with Crippen LogP contribution < -0.4 is 0 Å². The molecule has 116 valence electrons. The third kappa shape index (κ3) is 4.86. The fourth-order valence-corrected chi connectivity index (χ4v) is 2.13. The van der Waals surface area contributed by atoms with Crippen LogP contribution in [-0.4, -0.2) is 12.6 Å². The molecule has 0 fully saturated rings. The maximum absolute atomic E-state index is 11.4. The number of esters is 1.